The second kappa shape index (κ2) is 14.4. The number of alkyl carbamates (subject to hydrolysis) is 1. The fourth-order valence-corrected chi connectivity index (χ4v) is 3.97. The molecule has 2 atom stereocenters. The average Bonchev–Trinajstić information content (AvgIpc) is 2.88. The molecular formula is C29H41N3O7. The second-order valence-electron chi connectivity index (χ2n) is 10.3. The molecule has 39 heavy (non-hydrogen) atoms. The Hall–Kier alpha value is -3.79. The number of nitrogens with zero attached hydrogens (tertiary/aromatic N) is 1. The normalized spacial score (nSPS) is 12.7. The molecule has 0 radical (unpaired) electrons. The summed E-state index contributed by atoms with van der Waals surface area (Å²) in [6, 6.07) is 9.03. The minimum Gasteiger partial charge on any atom is -0.507 e. The molecular weight excluding hydrogens is 502 g/mol. The molecule has 0 heterocycles. The smallest absolute Gasteiger partial charge is 0.408 e. The summed E-state index contributed by atoms with van der Waals surface area (Å²) in [7, 11) is 1.53. The number of para-hydroxylation sites is 1. The first-order valence-electron chi connectivity index (χ1n) is 13.1. The van der Waals surface area contributed by atoms with Gasteiger partial charge in [-0.05, 0) is 63.9 Å². The molecule has 10 heteroatoms. The summed E-state index contributed by atoms with van der Waals surface area (Å²) in [5, 5.41) is 26.2. The van der Waals surface area contributed by atoms with Crippen molar-refractivity contribution < 1.29 is 34.1 Å². The highest BCUT2D eigenvalue weighted by molar-refractivity contribution is 5.99. The third-order valence-electron chi connectivity index (χ3n) is 5.94. The van der Waals surface area contributed by atoms with Crippen molar-refractivity contribution in [1.82, 2.24) is 10.2 Å². The number of anilines is 1. The molecule has 0 aromatic heterocycles. The van der Waals surface area contributed by atoms with Gasteiger partial charge in [-0.3, -0.25) is 9.59 Å². The molecule has 214 valence electrons. The van der Waals surface area contributed by atoms with Gasteiger partial charge in [-0.2, -0.15) is 0 Å². The van der Waals surface area contributed by atoms with Crippen LogP contribution in [0, 0.1) is 6.92 Å². The van der Waals surface area contributed by atoms with E-state index in [1.165, 1.54) is 12.0 Å². The van der Waals surface area contributed by atoms with Gasteiger partial charge < -0.3 is 35.2 Å². The van der Waals surface area contributed by atoms with Crippen molar-refractivity contribution >= 4 is 23.6 Å². The Morgan fingerprint density at radius 3 is 2.28 bits per heavy atom. The maximum atomic E-state index is 13.8. The van der Waals surface area contributed by atoms with Gasteiger partial charge >= 0.3 is 6.09 Å². The van der Waals surface area contributed by atoms with E-state index in [0.29, 0.717) is 23.4 Å². The average molecular weight is 544 g/mol. The van der Waals surface area contributed by atoms with Crippen LogP contribution in [0.15, 0.2) is 42.5 Å². The van der Waals surface area contributed by atoms with Crippen LogP contribution >= 0.6 is 0 Å². The van der Waals surface area contributed by atoms with Crippen LogP contribution in [0.4, 0.5) is 10.5 Å². The Morgan fingerprint density at radius 2 is 1.72 bits per heavy atom. The minimum atomic E-state index is -1.37. The molecule has 0 aliphatic carbocycles. The highest BCUT2D eigenvalue weighted by Crippen LogP contribution is 2.33. The number of amides is 3. The van der Waals surface area contributed by atoms with Crippen LogP contribution in [-0.4, -0.2) is 64.9 Å². The number of carbonyl (C=O) groups is 3. The molecule has 0 spiro atoms. The predicted octanol–water partition coefficient (Wildman–Crippen LogP) is 4.29. The molecule has 0 aliphatic rings. The number of aromatic hydroxyl groups is 1. The fraction of sp³-hybridized carbons (Fsp3) is 0.483. The molecule has 0 bridgehead atoms. The van der Waals surface area contributed by atoms with Gasteiger partial charge in [-0.15, -0.1) is 0 Å². The summed E-state index contributed by atoms with van der Waals surface area (Å²) in [6.45, 7) is 8.18. The quantitative estimate of drug-likeness (QED) is 0.293. The maximum absolute atomic E-state index is 13.8. The first-order valence-corrected chi connectivity index (χ1v) is 13.1. The Bertz CT molecular complexity index is 1110. The second-order valence-corrected chi connectivity index (χ2v) is 10.3. The first kappa shape index (κ1) is 31.4. The van der Waals surface area contributed by atoms with Gasteiger partial charge in [0, 0.05) is 17.8 Å². The number of methoxy groups -OCH3 is 1. The van der Waals surface area contributed by atoms with Crippen molar-refractivity contribution in [3.63, 3.8) is 0 Å². The Morgan fingerprint density at radius 1 is 1.05 bits per heavy atom. The van der Waals surface area contributed by atoms with Crippen LogP contribution in [0.25, 0.3) is 0 Å². The lowest BCUT2D eigenvalue weighted by Gasteiger charge is -2.34. The number of aliphatic hydroxyl groups is 1. The van der Waals surface area contributed by atoms with Gasteiger partial charge in [0.2, 0.25) is 5.91 Å². The van der Waals surface area contributed by atoms with Crippen LogP contribution in [0.1, 0.15) is 64.1 Å². The molecule has 2 rings (SSSR count). The zero-order valence-corrected chi connectivity index (χ0v) is 23.6. The van der Waals surface area contributed by atoms with E-state index in [-0.39, 0.29) is 17.9 Å². The standard InChI is InChI=1S/C29H41N3O7/c1-7-8-9-17-32(27(36)23(18-33)31-28(37)39-29(3,4)5)24(22-12-10-11-19(2)25(22)34)26(35)30-20-13-15-21(38-6)16-14-20/h10-16,23-24,33-34H,7-9,17-18H2,1-6H3,(H,30,35)(H,31,37). The van der Waals surface area contributed by atoms with Gasteiger partial charge in [-0.1, -0.05) is 38.0 Å². The third kappa shape index (κ3) is 9.17. The molecule has 2 aromatic rings. The minimum absolute atomic E-state index is 0.124. The number of carbonyl (C=O) groups excluding carboxylic acids is 3. The largest absolute Gasteiger partial charge is 0.507 e. The first-order chi connectivity index (χ1) is 18.4. The summed E-state index contributed by atoms with van der Waals surface area (Å²) >= 11 is 0. The van der Waals surface area contributed by atoms with Gasteiger partial charge in [0.25, 0.3) is 5.91 Å². The van der Waals surface area contributed by atoms with Crippen LogP contribution in [-0.2, 0) is 14.3 Å². The molecule has 4 N–H and O–H groups in total. The summed E-state index contributed by atoms with van der Waals surface area (Å²) in [5.74, 6) is -0.771. The van der Waals surface area contributed by atoms with Crippen molar-refractivity contribution in [2.45, 2.75) is 71.6 Å². The molecule has 2 unspecified atom stereocenters. The molecule has 0 saturated heterocycles. The fourth-order valence-electron chi connectivity index (χ4n) is 3.97. The van der Waals surface area contributed by atoms with Gasteiger partial charge in [-0.25, -0.2) is 4.79 Å². The molecule has 10 nitrogen and oxygen atoms in total. The molecule has 0 aliphatic heterocycles. The Balaban J connectivity index is 2.52. The number of hydrogen-bond donors (Lipinski definition) is 4. The number of phenolic OH excluding ortho intramolecular Hbond substituents is 1. The van der Waals surface area contributed by atoms with E-state index >= 15 is 0 Å². The zero-order chi connectivity index (χ0) is 29.2. The van der Waals surface area contributed by atoms with Gasteiger partial charge in [0.05, 0.1) is 13.7 Å². The van der Waals surface area contributed by atoms with Crippen LogP contribution in [0.2, 0.25) is 0 Å². The number of aliphatic hydroxyl groups excluding tert-OH is 1. The maximum Gasteiger partial charge on any atom is 0.408 e. The third-order valence-corrected chi connectivity index (χ3v) is 5.94. The zero-order valence-electron chi connectivity index (χ0n) is 23.6. The van der Waals surface area contributed by atoms with Crippen molar-refractivity contribution in [2.75, 3.05) is 25.6 Å². The lowest BCUT2D eigenvalue weighted by molar-refractivity contribution is -0.141. The van der Waals surface area contributed by atoms with Crippen molar-refractivity contribution in [3.05, 3.63) is 53.6 Å². The van der Waals surface area contributed by atoms with Gasteiger partial charge in [0.1, 0.15) is 29.2 Å². The highest BCUT2D eigenvalue weighted by atomic mass is 16.6. The summed E-state index contributed by atoms with van der Waals surface area (Å²) < 4.78 is 10.4. The number of hydrogen-bond acceptors (Lipinski definition) is 7. The number of unbranched alkanes of at least 4 members (excludes halogenated alkanes) is 2. The van der Waals surface area contributed by atoms with Gasteiger partial charge in [0.15, 0.2) is 0 Å². The number of ether oxygens (including phenoxy) is 2. The number of nitrogens with one attached hydrogen (secondary N) is 2. The summed E-state index contributed by atoms with van der Waals surface area (Å²) in [5.41, 5.74) is 0.396. The van der Waals surface area contributed by atoms with E-state index < -0.39 is 42.2 Å². The van der Waals surface area contributed by atoms with E-state index in [9.17, 15) is 24.6 Å². The van der Waals surface area contributed by atoms with Crippen molar-refractivity contribution in [3.8, 4) is 11.5 Å². The SMILES string of the molecule is CCCCCN(C(=O)C(CO)NC(=O)OC(C)(C)C)C(C(=O)Nc1ccc(OC)cc1)c1cccc(C)c1O. The van der Waals surface area contributed by atoms with Crippen molar-refractivity contribution in [1.29, 1.82) is 0 Å². The van der Waals surface area contributed by atoms with E-state index in [0.717, 1.165) is 12.8 Å². The van der Waals surface area contributed by atoms with Crippen molar-refractivity contribution in [2.24, 2.45) is 0 Å². The van der Waals surface area contributed by atoms with E-state index in [2.05, 4.69) is 10.6 Å². The van der Waals surface area contributed by atoms with Crippen LogP contribution in [0.3, 0.4) is 0 Å². The molecule has 0 saturated carbocycles. The van der Waals surface area contributed by atoms with Crippen LogP contribution < -0.4 is 15.4 Å². The summed E-state index contributed by atoms with van der Waals surface area (Å²) in [6.07, 6.45) is 1.33. The molecule has 2 aromatic carbocycles. The van der Waals surface area contributed by atoms with E-state index in [1.807, 2.05) is 6.92 Å². The predicted molar refractivity (Wildman–Crippen MR) is 149 cm³/mol. The molecule has 3 amide bonds. The van der Waals surface area contributed by atoms with Crippen LogP contribution in [0.5, 0.6) is 11.5 Å². The lowest BCUT2D eigenvalue weighted by atomic mass is 9.98. The number of phenols is 1. The van der Waals surface area contributed by atoms with E-state index in [1.54, 1.807) is 70.2 Å². The van der Waals surface area contributed by atoms with E-state index in [4.69, 9.17) is 9.47 Å². The lowest BCUT2D eigenvalue weighted by Crippen LogP contribution is -2.54. The highest BCUT2D eigenvalue weighted by Gasteiger charge is 2.37. The number of aryl methyl sites for hydroxylation is 1. The summed E-state index contributed by atoms with van der Waals surface area (Å²) in [4.78, 5) is 41.4. The number of benzene rings is 2. The Kier molecular flexibility index (Phi) is 11.6. The number of rotatable bonds is 12. The molecule has 0 fully saturated rings. The Labute approximate surface area is 230 Å². The monoisotopic (exact) mass is 543 g/mol. The topological polar surface area (TPSA) is 137 Å².